The molecule has 1 heterocycles. The van der Waals surface area contributed by atoms with Crippen molar-refractivity contribution in [2.75, 3.05) is 13.2 Å². The van der Waals surface area contributed by atoms with Crippen LogP contribution in [0.4, 0.5) is 0 Å². The number of ether oxygens (including phenoxy) is 1. The molecule has 0 bridgehead atoms. The molecular formula is C14H17NO4. The van der Waals surface area contributed by atoms with Crippen molar-refractivity contribution in [3.05, 3.63) is 41.6 Å². The Balaban J connectivity index is 2.01. The first-order valence-corrected chi connectivity index (χ1v) is 6.21. The van der Waals surface area contributed by atoms with E-state index in [-0.39, 0.29) is 5.70 Å². The van der Waals surface area contributed by atoms with E-state index in [0.29, 0.717) is 19.8 Å². The minimum atomic E-state index is -0.778. The Morgan fingerprint density at radius 1 is 1.53 bits per heavy atom. The van der Waals surface area contributed by atoms with Gasteiger partial charge in [-0.05, 0) is 12.5 Å². The highest BCUT2D eigenvalue weighted by atomic mass is 16.7. The van der Waals surface area contributed by atoms with Gasteiger partial charge in [0.25, 0.3) is 0 Å². The fourth-order valence-electron chi connectivity index (χ4n) is 1.94. The highest BCUT2D eigenvalue weighted by Gasteiger charge is 2.31. The van der Waals surface area contributed by atoms with Gasteiger partial charge in [0.1, 0.15) is 6.10 Å². The van der Waals surface area contributed by atoms with Gasteiger partial charge < -0.3 is 9.84 Å². The molecule has 1 aromatic carbocycles. The van der Waals surface area contributed by atoms with Crippen molar-refractivity contribution in [2.24, 2.45) is 0 Å². The van der Waals surface area contributed by atoms with Gasteiger partial charge in [-0.25, -0.2) is 9.86 Å². The summed E-state index contributed by atoms with van der Waals surface area (Å²) in [7, 11) is 0. The second-order valence-electron chi connectivity index (χ2n) is 4.38. The summed E-state index contributed by atoms with van der Waals surface area (Å²) < 4.78 is 5.35. The first kappa shape index (κ1) is 13.8. The van der Waals surface area contributed by atoms with E-state index in [1.54, 1.807) is 12.9 Å². The highest BCUT2D eigenvalue weighted by Crippen LogP contribution is 2.19. The Labute approximate surface area is 112 Å². The topological polar surface area (TPSA) is 59.0 Å². The average molecular weight is 263 g/mol. The SMILES string of the molecule is CC(O)C1OCCN(OCc2ccccc2)C1=C=O. The number of hydrogen-bond donors (Lipinski definition) is 1. The number of nitrogens with zero attached hydrogens (tertiary/aromatic N) is 1. The Morgan fingerprint density at radius 2 is 2.26 bits per heavy atom. The summed E-state index contributed by atoms with van der Waals surface area (Å²) >= 11 is 0. The Bertz CT molecular complexity index is 454. The molecule has 1 fully saturated rings. The molecule has 1 aliphatic rings. The maximum Gasteiger partial charge on any atom is 0.156 e. The number of aliphatic hydroxyl groups is 1. The number of hydroxylamine groups is 2. The number of rotatable bonds is 4. The van der Waals surface area contributed by atoms with Crippen molar-refractivity contribution in [3.63, 3.8) is 0 Å². The van der Waals surface area contributed by atoms with Gasteiger partial charge in [-0.1, -0.05) is 30.3 Å². The zero-order valence-corrected chi connectivity index (χ0v) is 10.8. The van der Waals surface area contributed by atoms with E-state index in [9.17, 15) is 9.90 Å². The van der Waals surface area contributed by atoms with Crippen LogP contribution in [0.25, 0.3) is 0 Å². The first-order valence-electron chi connectivity index (χ1n) is 6.21. The molecule has 0 spiro atoms. The van der Waals surface area contributed by atoms with Crippen LogP contribution in [-0.2, 0) is 21.0 Å². The van der Waals surface area contributed by atoms with Crippen LogP contribution in [0.5, 0.6) is 0 Å². The van der Waals surface area contributed by atoms with Crippen molar-refractivity contribution in [2.45, 2.75) is 25.7 Å². The van der Waals surface area contributed by atoms with Crippen LogP contribution in [0, 0.1) is 0 Å². The summed E-state index contributed by atoms with van der Waals surface area (Å²) in [6, 6.07) is 9.66. The maximum absolute atomic E-state index is 11.0. The van der Waals surface area contributed by atoms with Gasteiger partial charge in [0.2, 0.25) is 0 Å². The lowest BCUT2D eigenvalue weighted by molar-refractivity contribution is -0.196. The molecule has 2 rings (SSSR count). The standard InChI is InChI=1S/C14H17NO4/c1-11(17)14-13(9-16)15(7-8-18-14)19-10-12-5-3-2-4-6-12/h2-6,11,14,17H,7-8,10H2,1H3. The molecule has 2 atom stereocenters. The van der Waals surface area contributed by atoms with Crippen LogP contribution in [0.3, 0.4) is 0 Å². The summed E-state index contributed by atoms with van der Waals surface area (Å²) in [5.41, 5.74) is 1.21. The molecule has 0 amide bonds. The van der Waals surface area contributed by atoms with Crippen LogP contribution in [0.2, 0.25) is 0 Å². The summed E-state index contributed by atoms with van der Waals surface area (Å²) in [5.74, 6) is 1.80. The summed E-state index contributed by atoms with van der Waals surface area (Å²) in [6.45, 7) is 2.78. The third-order valence-electron chi connectivity index (χ3n) is 2.90. The fraction of sp³-hybridized carbons (Fsp3) is 0.429. The van der Waals surface area contributed by atoms with Gasteiger partial charge in [-0.15, -0.1) is 0 Å². The van der Waals surface area contributed by atoms with Crippen molar-refractivity contribution >= 4 is 5.94 Å². The third-order valence-corrected chi connectivity index (χ3v) is 2.90. The van der Waals surface area contributed by atoms with E-state index >= 15 is 0 Å². The van der Waals surface area contributed by atoms with Gasteiger partial charge in [0, 0.05) is 0 Å². The summed E-state index contributed by atoms with van der Waals surface area (Å²) in [6.07, 6.45) is -1.46. The first-order chi connectivity index (χ1) is 9.22. The van der Waals surface area contributed by atoms with Crippen LogP contribution in [-0.4, -0.2) is 41.5 Å². The number of morpholine rings is 1. The Morgan fingerprint density at radius 3 is 2.89 bits per heavy atom. The molecule has 1 N–H and O–H groups in total. The van der Waals surface area contributed by atoms with Crippen molar-refractivity contribution < 1.29 is 19.5 Å². The number of carbonyl (C=O) groups excluding carboxylic acids is 1. The van der Waals surface area contributed by atoms with E-state index in [1.165, 1.54) is 5.06 Å². The summed E-state index contributed by atoms with van der Waals surface area (Å²) in [5, 5.41) is 11.0. The molecular weight excluding hydrogens is 246 g/mol. The minimum Gasteiger partial charge on any atom is -0.390 e. The lowest BCUT2D eigenvalue weighted by Gasteiger charge is -2.34. The van der Waals surface area contributed by atoms with E-state index in [2.05, 4.69) is 0 Å². The molecule has 0 radical (unpaired) electrons. The monoisotopic (exact) mass is 263 g/mol. The van der Waals surface area contributed by atoms with E-state index in [0.717, 1.165) is 5.56 Å². The van der Waals surface area contributed by atoms with Crippen molar-refractivity contribution in [1.29, 1.82) is 0 Å². The van der Waals surface area contributed by atoms with Crippen LogP contribution in [0.15, 0.2) is 36.0 Å². The van der Waals surface area contributed by atoms with Crippen molar-refractivity contribution in [3.8, 4) is 0 Å². The Hall–Kier alpha value is -1.65. The average Bonchev–Trinajstić information content (AvgIpc) is 2.45. The zero-order valence-electron chi connectivity index (χ0n) is 10.8. The smallest absolute Gasteiger partial charge is 0.156 e. The predicted octanol–water partition coefficient (Wildman–Crippen LogP) is 0.915. The summed E-state index contributed by atoms with van der Waals surface area (Å²) in [4.78, 5) is 16.6. The second-order valence-corrected chi connectivity index (χ2v) is 4.38. The zero-order chi connectivity index (χ0) is 13.7. The minimum absolute atomic E-state index is 0.206. The van der Waals surface area contributed by atoms with Crippen LogP contribution < -0.4 is 0 Å². The largest absolute Gasteiger partial charge is 0.390 e. The number of hydrogen-bond acceptors (Lipinski definition) is 5. The molecule has 2 unspecified atom stereocenters. The quantitative estimate of drug-likeness (QED) is 0.818. The predicted molar refractivity (Wildman–Crippen MR) is 68.6 cm³/mol. The van der Waals surface area contributed by atoms with Gasteiger partial charge in [-0.3, -0.25) is 4.84 Å². The molecule has 0 aromatic heterocycles. The lowest BCUT2D eigenvalue weighted by Crippen LogP contribution is -2.45. The second kappa shape index (κ2) is 6.50. The van der Waals surface area contributed by atoms with Crippen molar-refractivity contribution in [1.82, 2.24) is 5.06 Å². The molecule has 102 valence electrons. The molecule has 1 aliphatic heterocycles. The van der Waals surface area contributed by atoms with E-state index in [4.69, 9.17) is 9.57 Å². The molecule has 5 heteroatoms. The van der Waals surface area contributed by atoms with Crippen LogP contribution in [0.1, 0.15) is 12.5 Å². The van der Waals surface area contributed by atoms with Gasteiger partial charge in [0.15, 0.2) is 11.6 Å². The van der Waals surface area contributed by atoms with E-state index in [1.807, 2.05) is 30.3 Å². The van der Waals surface area contributed by atoms with Crippen LogP contribution >= 0.6 is 0 Å². The number of benzene rings is 1. The molecule has 5 nitrogen and oxygen atoms in total. The normalized spacial score (nSPS) is 21.1. The molecule has 19 heavy (non-hydrogen) atoms. The maximum atomic E-state index is 11.0. The highest BCUT2D eigenvalue weighted by molar-refractivity contribution is 5.53. The van der Waals surface area contributed by atoms with E-state index < -0.39 is 12.2 Å². The third kappa shape index (κ3) is 3.43. The lowest BCUT2D eigenvalue weighted by atomic mass is 10.1. The molecule has 1 aromatic rings. The number of aliphatic hydroxyl groups excluding tert-OH is 1. The Kier molecular flexibility index (Phi) is 4.71. The molecule has 1 saturated heterocycles. The van der Waals surface area contributed by atoms with Gasteiger partial charge in [0.05, 0.1) is 25.9 Å². The fourth-order valence-corrected chi connectivity index (χ4v) is 1.94. The van der Waals surface area contributed by atoms with Gasteiger partial charge in [-0.2, -0.15) is 0 Å². The van der Waals surface area contributed by atoms with Gasteiger partial charge >= 0.3 is 0 Å². The molecule has 0 saturated carbocycles. The molecule has 0 aliphatic carbocycles.